The molecule has 0 saturated carbocycles. The molecule has 0 bridgehead atoms. The number of allylic oxidation sites excluding steroid dienone is 1. The summed E-state index contributed by atoms with van der Waals surface area (Å²) < 4.78 is 13.9. The van der Waals surface area contributed by atoms with Crippen molar-refractivity contribution >= 4 is 15.9 Å². The number of nitrogens with two attached hydrogens (primary N) is 1. The predicted molar refractivity (Wildman–Crippen MR) is 65.1 cm³/mol. The van der Waals surface area contributed by atoms with Crippen molar-refractivity contribution in [1.29, 1.82) is 0 Å². The van der Waals surface area contributed by atoms with Crippen molar-refractivity contribution in [2.45, 2.75) is 25.8 Å². The van der Waals surface area contributed by atoms with Gasteiger partial charge in [0.25, 0.3) is 0 Å². The van der Waals surface area contributed by atoms with Gasteiger partial charge < -0.3 is 5.73 Å². The lowest BCUT2D eigenvalue weighted by Gasteiger charge is -2.13. The van der Waals surface area contributed by atoms with Gasteiger partial charge in [-0.15, -0.1) is 6.58 Å². The van der Waals surface area contributed by atoms with Gasteiger partial charge in [-0.2, -0.15) is 0 Å². The van der Waals surface area contributed by atoms with Crippen LogP contribution in [0.15, 0.2) is 34.8 Å². The summed E-state index contributed by atoms with van der Waals surface area (Å²) in [6.07, 6.45) is 1.65. The molecule has 0 aliphatic rings. The van der Waals surface area contributed by atoms with E-state index in [1.165, 1.54) is 12.1 Å². The molecule has 15 heavy (non-hydrogen) atoms. The molecule has 0 aliphatic carbocycles. The summed E-state index contributed by atoms with van der Waals surface area (Å²) in [6.45, 7) is 5.79. The van der Waals surface area contributed by atoms with Crippen molar-refractivity contribution < 1.29 is 4.39 Å². The Morgan fingerprint density at radius 3 is 2.87 bits per heavy atom. The first-order chi connectivity index (χ1) is 7.00. The normalized spacial score (nSPS) is 12.5. The number of halogens is 2. The Balaban J connectivity index is 2.76. The molecule has 82 valence electrons. The van der Waals surface area contributed by atoms with E-state index in [9.17, 15) is 4.39 Å². The summed E-state index contributed by atoms with van der Waals surface area (Å²) in [4.78, 5) is 0. The molecule has 1 unspecified atom stereocenters. The fourth-order valence-corrected chi connectivity index (χ4v) is 1.90. The zero-order valence-electron chi connectivity index (χ0n) is 8.76. The summed E-state index contributed by atoms with van der Waals surface area (Å²) in [5.41, 5.74) is 7.89. The molecule has 1 aromatic rings. The average molecular weight is 272 g/mol. The molecule has 0 radical (unpaired) electrons. The number of hydrogen-bond acceptors (Lipinski definition) is 1. The number of rotatable bonds is 4. The van der Waals surface area contributed by atoms with Crippen LogP contribution in [0.2, 0.25) is 0 Å². The van der Waals surface area contributed by atoms with E-state index in [2.05, 4.69) is 22.5 Å². The van der Waals surface area contributed by atoms with Crippen LogP contribution >= 0.6 is 15.9 Å². The van der Waals surface area contributed by atoms with E-state index in [1.54, 1.807) is 6.07 Å². The highest BCUT2D eigenvalue weighted by molar-refractivity contribution is 9.10. The van der Waals surface area contributed by atoms with Gasteiger partial charge in [0, 0.05) is 10.5 Å². The molecule has 3 heteroatoms. The van der Waals surface area contributed by atoms with Gasteiger partial charge in [-0.1, -0.05) is 21.5 Å². The zero-order valence-corrected chi connectivity index (χ0v) is 10.3. The lowest BCUT2D eigenvalue weighted by Crippen LogP contribution is -2.11. The van der Waals surface area contributed by atoms with Crippen LogP contribution in [0.1, 0.15) is 31.4 Å². The maximum atomic E-state index is 13.0. The molecular weight excluding hydrogens is 257 g/mol. The Morgan fingerprint density at radius 1 is 1.60 bits per heavy atom. The third kappa shape index (κ3) is 3.76. The molecule has 0 saturated heterocycles. The van der Waals surface area contributed by atoms with Gasteiger partial charge in [-0.3, -0.25) is 0 Å². The molecule has 1 aromatic carbocycles. The molecule has 0 heterocycles. The van der Waals surface area contributed by atoms with Crippen LogP contribution in [-0.4, -0.2) is 0 Å². The number of benzene rings is 1. The maximum absolute atomic E-state index is 13.0. The topological polar surface area (TPSA) is 26.0 Å². The van der Waals surface area contributed by atoms with E-state index in [0.717, 1.165) is 28.5 Å². The minimum absolute atomic E-state index is 0.147. The van der Waals surface area contributed by atoms with Gasteiger partial charge in [-0.25, -0.2) is 4.39 Å². The van der Waals surface area contributed by atoms with Crippen molar-refractivity contribution in [3.05, 3.63) is 46.2 Å². The molecule has 0 fully saturated rings. The summed E-state index contributed by atoms with van der Waals surface area (Å²) in [6, 6.07) is 4.43. The standard InChI is InChI=1S/C12H15BrFN/c1-8(2)3-6-12(15)10-7-9(14)4-5-11(10)13/h4-5,7,12H,1,3,6,15H2,2H3. The Labute approximate surface area is 98.3 Å². The second-order valence-corrected chi connectivity index (χ2v) is 4.62. The molecule has 1 rings (SSSR count). The van der Waals surface area contributed by atoms with Crippen LogP contribution in [0.3, 0.4) is 0 Å². The minimum Gasteiger partial charge on any atom is -0.324 e. The zero-order chi connectivity index (χ0) is 11.4. The summed E-state index contributed by atoms with van der Waals surface area (Å²) >= 11 is 3.37. The first-order valence-corrected chi connectivity index (χ1v) is 5.65. The van der Waals surface area contributed by atoms with Gasteiger partial charge in [0.15, 0.2) is 0 Å². The Morgan fingerprint density at radius 2 is 2.27 bits per heavy atom. The molecule has 2 N–H and O–H groups in total. The van der Waals surface area contributed by atoms with Crippen molar-refractivity contribution in [2.24, 2.45) is 5.73 Å². The highest BCUT2D eigenvalue weighted by Gasteiger charge is 2.10. The second kappa shape index (κ2) is 5.42. The molecule has 0 spiro atoms. The lowest BCUT2D eigenvalue weighted by molar-refractivity contribution is 0.607. The lowest BCUT2D eigenvalue weighted by atomic mass is 10.0. The van der Waals surface area contributed by atoms with Gasteiger partial charge >= 0.3 is 0 Å². The Hall–Kier alpha value is -0.670. The van der Waals surface area contributed by atoms with Gasteiger partial charge in [0.2, 0.25) is 0 Å². The van der Waals surface area contributed by atoms with Crippen LogP contribution in [-0.2, 0) is 0 Å². The third-order valence-corrected chi connectivity index (χ3v) is 2.96. The van der Waals surface area contributed by atoms with E-state index in [4.69, 9.17) is 5.73 Å². The smallest absolute Gasteiger partial charge is 0.123 e. The van der Waals surface area contributed by atoms with Gasteiger partial charge in [0.05, 0.1) is 0 Å². The number of hydrogen-bond donors (Lipinski definition) is 1. The van der Waals surface area contributed by atoms with Crippen molar-refractivity contribution in [3.63, 3.8) is 0 Å². The molecule has 0 aliphatic heterocycles. The Bertz CT molecular complexity index is 363. The molecule has 0 amide bonds. The van der Waals surface area contributed by atoms with Crippen LogP contribution in [0.25, 0.3) is 0 Å². The SMILES string of the molecule is C=C(C)CCC(N)c1cc(F)ccc1Br. The monoisotopic (exact) mass is 271 g/mol. The van der Waals surface area contributed by atoms with E-state index in [1.807, 2.05) is 6.92 Å². The van der Waals surface area contributed by atoms with E-state index >= 15 is 0 Å². The first kappa shape index (κ1) is 12.4. The van der Waals surface area contributed by atoms with E-state index in [-0.39, 0.29) is 11.9 Å². The van der Waals surface area contributed by atoms with Crippen LogP contribution < -0.4 is 5.73 Å². The van der Waals surface area contributed by atoms with Gasteiger partial charge in [-0.05, 0) is 43.5 Å². The summed E-state index contributed by atoms with van der Waals surface area (Å²) in [7, 11) is 0. The van der Waals surface area contributed by atoms with Crippen molar-refractivity contribution in [1.82, 2.24) is 0 Å². The van der Waals surface area contributed by atoms with Crippen LogP contribution in [0.5, 0.6) is 0 Å². The maximum Gasteiger partial charge on any atom is 0.123 e. The largest absolute Gasteiger partial charge is 0.324 e. The Kier molecular flexibility index (Phi) is 4.48. The van der Waals surface area contributed by atoms with E-state index < -0.39 is 0 Å². The van der Waals surface area contributed by atoms with Gasteiger partial charge in [0.1, 0.15) is 5.82 Å². The molecule has 1 nitrogen and oxygen atoms in total. The quantitative estimate of drug-likeness (QED) is 0.825. The fourth-order valence-electron chi connectivity index (χ4n) is 1.36. The van der Waals surface area contributed by atoms with E-state index in [0.29, 0.717) is 0 Å². The minimum atomic E-state index is -0.251. The molecule has 0 aromatic heterocycles. The average Bonchev–Trinajstić information content (AvgIpc) is 2.18. The summed E-state index contributed by atoms with van der Waals surface area (Å²) in [5.74, 6) is -0.251. The third-order valence-electron chi connectivity index (χ3n) is 2.24. The summed E-state index contributed by atoms with van der Waals surface area (Å²) in [5, 5.41) is 0. The van der Waals surface area contributed by atoms with Crippen molar-refractivity contribution in [2.75, 3.05) is 0 Å². The van der Waals surface area contributed by atoms with Crippen molar-refractivity contribution in [3.8, 4) is 0 Å². The highest BCUT2D eigenvalue weighted by Crippen LogP contribution is 2.26. The highest BCUT2D eigenvalue weighted by atomic mass is 79.9. The molecule has 1 atom stereocenters. The first-order valence-electron chi connectivity index (χ1n) is 4.85. The fraction of sp³-hybridized carbons (Fsp3) is 0.333. The molecular formula is C12H15BrFN. The van der Waals surface area contributed by atoms with Crippen LogP contribution in [0, 0.1) is 5.82 Å². The van der Waals surface area contributed by atoms with Crippen LogP contribution in [0.4, 0.5) is 4.39 Å². The predicted octanol–water partition coefficient (Wildman–Crippen LogP) is 3.94. The second-order valence-electron chi connectivity index (χ2n) is 3.77.